The Balaban J connectivity index is 1.87. The van der Waals surface area contributed by atoms with Crippen molar-refractivity contribution in [1.82, 2.24) is 15.0 Å². The fourth-order valence-electron chi connectivity index (χ4n) is 1.96. The molecule has 1 N–H and O–H groups in total. The van der Waals surface area contributed by atoms with Crippen molar-refractivity contribution < 1.29 is 9.72 Å². The van der Waals surface area contributed by atoms with Crippen molar-refractivity contribution in [2.75, 3.05) is 24.3 Å². The van der Waals surface area contributed by atoms with Gasteiger partial charge in [-0.15, -0.1) is 0 Å². The van der Waals surface area contributed by atoms with E-state index in [-0.39, 0.29) is 16.3 Å². The number of amides is 1. The van der Waals surface area contributed by atoms with Crippen LogP contribution in [0.5, 0.6) is 0 Å². The van der Waals surface area contributed by atoms with Gasteiger partial charge in [-0.1, -0.05) is 22.9 Å². The second kappa shape index (κ2) is 6.57. The number of thiazole rings is 1. The number of anilines is 2. The standard InChI is InChI=1S/C14H11ClN6O3S/c1-20(2)13-16-6-9-12(19-13)25-14(17-9)18-11(22)7-3-4-8(15)10(5-7)21(23)24/h3-6H,1-2H3,(H,17,18,22). The van der Waals surface area contributed by atoms with Crippen LogP contribution in [0.15, 0.2) is 24.4 Å². The molecule has 3 aromatic rings. The molecule has 1 aromatic carbocycles. The van der Waals surface area contributed by atoms with E-state index in [0.29, 0.717) is 21.4 Å². The van der Waals surface area contributed by atoms with Gasteiger partial charge in [0.2, 0.25) is 5.95 Å². The maximum Gasteiger partial charge on any atom is 0.288 e. The van der Waals surface area contributed by atoms with Gasteiger partial charge in [0.05, 0.1) is 11.1 Å². The third-order valence-corrected chi connectivity index (χ3v) is 4.36. The fourth-order valence-corrected chi connectivity index (χ4v) is 2.95. The number of aromatic nitrogens is 3. The number of nitrogens with one attached hydrogen (secondary N) is 1. The Bertz CT molecular complexity index is 990. The van der Waals surface area contributed by atoms with Crippen LogP contribution < -0.4 is 10.2 Å². The number of nitrogens with zero attached hydrogens (tertiary/aromatic N) is 5. The molecule has 2 heterocycles. The highest BCUT2D eigenvalue weighted by atomic mass is 35.5. The number of hydrogen-bond acceptors (Lipinski definition) is 8. The number of benzene rings is 1. The first-order valence-corrected chi connectivity index (χ1v) is 8.11. The molecule has 0 radical (unpaired) electrons. The van der Waals surface area contributed by atoms with E-state index in [1.165, 1.54) is 23.5 Å². The molecular formula is C14H11ClN6O3S. The van der Waals surface area contributed by atoms with Crippen molar-refractivity contribution in [3.8, 4) is 0 Å². The molecule has 9 nitrogen and oxygen atoms in total. The Morgan fingerprint density at radius 3 is 2.80 bits per heavy atom. The van der Waals surface area contributed by atoms with Crippen LogP contribution in [0.25, 0.3) is 10.3 Å². The summed E-state index contributed by atoms with van der Waals surface area (Å²) in [6.45, 7) is 0. The van der Waals surface area contributed by atoms with Crippen LogP contribution in [-0.4, -0.2) is 39.9 Å². The lowest BCUT2D eigenvalue weighted by atomic mass is 10.2. The molecule has 0 saturated heterocycles. The zero-order valence-electron chi connectivity index (χ0n) is 13.1. The second-order valence-corrected chi connectivity index (χ2v) is 6.54. The van der Waals surface area contributed by atoms with E-state index in [2.05, 4.69) is 20.3 Å². The summed E-state index contributed by atoms with van der Waals surface area (Å²) in [5.41, 5.74) is 0.323. The largest absolute Gasteiger partial charge is 0.347 e. The number of carbonyl (C=O) groups excluding carboxylic acids is 1. The summed E-state index contributed by atoms with van der Waals surface area (Å²) in [5, 5.41) is 13.8. The minimum Gasteiger partial charge on any atom is -0.347 e. The molecule has 0 bridgehead atoms. The van der Waals surface area contributed by atoms with E-state index in [0.717, 1.165) is 6.07 Å². The molecule has 2 aromatic heterocycles. The van der Waals surface area contributed by atoms with Gasteiger partial charge in [0.25, 0.3) is 11.6 Å². The van der Waals surface area contributed by atoms with Gasteiger partial charge < -0.3 is 4.90 Å². The van der Waals surface area contributed by atoms with Gasteiger partial charge >= 0.3 is 0 Å². The molecule has 25 heavy (non-hydrogen) atoms. The van der Waals surface area contributed by atoms with E-state index < -0.39 is 10.8 Å². The van der Waals surface area contributed by atoms with Crippen molar-refractivity contribution in [1.29, 1.82) is 0 Å². The van der Waals surface area contributed by atoms with E-state index in [1.54, 1.807) is 11.1 Å². The first kappa shape index (κ1) is 17.0. The predicted octanol–water partition coefficient (Wildman–Crippen LogP) is 2.97. The third kappa shape index (κ3) is 3.49. The topological polar surface area (TPSA) is 114 Å². The minimum atomic E-state index is -0.644. The van der Waals surface area contributed by atoms with Crippen molar-refractivity contribution in [2.45, 2.75) is 0 Å². The lowest BCUT2D eigenvalue weighted by Gasteiger charge is -2.07. The Morgan fingerprint density at radius 2 is 2.12 bits per heavy atom. The predicted molar refractivity (Wildman–Crippen MR) is 95.6 cm³/mol. The van der Waals surface area contributed by atoms with Crippen molar-refractivity contribution in [2.24, 2.45) is 0 Å². The van der Waals surface area contributed by atoms with Gasteiger partial charge in [-0.05, 0) is 12.1 Å². The van der Waals surface area contributed by atoms with Crippen LogP contribution in [0, 0.1) is 10.1 Å². The van der Waals surface area contributed by atoms with Gasteiger partial charge in [0.1, 0.15) is 10.5 Å². The lowest BCUT2D eigenvalue weighted by Crippen LogP contribution is -2.12. The summed E-state index contributed by atoms with van der Waals surface area (Å²) in [6, 6.07) is 3.83. The molecule has 0 atom stereocenters. The Hall–Kier alpha value is -2.85. The number of halogens is 1. The molecule has 0 aliphatic rings. The quantitative estimate of drug-likeness (QED) is 0.548. The van der Waals surface area contributed by atoms with Crippen LogP contribution in [0.2, 0.25) is 5.02 Å². The number of carbonyl (C=O) groups is 1. The monoisotopic (exact) mass is 378 g/mol. The van der Waals surface area contributed by atoms with Crippen LogP contribution in [-0.2, 0) is 0 Å². The van der Waals surface area contributed by atoms with Crippen LogP contribution in [0.3, 0.4) is 0 Å². The molecule has 0 saturated carbocycles. The second-order valence-electron chi connectivity index (χ2n) is 5.15. The summed E-state index contributed by atoms with van der Waals surface area (Å²) in [4.78, 5) is 37.7. The number of fused-ring (bicyclic) bond motifs is 1. The molecule has 0 aliphatic carbocycles. The molecule has 0 spiro atoms. The van der Waals surface area contributed by atoms with Crippen molar-refractivity contribution in [3.05, 3.63) is 45.1 Å². The number of hydrogen-bond donors (Lipinski definition) is 1. The summed E-state index contributed by atoms with van der Waals surface area (Å²) in [5.74, 6) is 0.00182. The molecule has 0 aliphatic heterocycles. The SMILES string of the molecule is CN(C)c1ncc2nc(NC(=O)c3ccc(Cl)c([N+](=O)[O-])c3)sc2n1. The summed E-state index contributed by atoms with van der Waals surface area (Å²) >= 11 is 6.93. The van der Waals surface area contributed by atoms with Crippen molar-refractivity contribution >= 4 is 56.0 Å². The van der Waals surface area contributed by atoms with Gasteiger partial charge in [0.15, 0.2) is 9.96 Å². The average Bonchev–Trinajstić information content (AvgIpc) is 2.95. The normalized spacial score (nSPS) is 10.7. The highest BCUT2D eigenvalue weighted by Gasteiger charge is 2.17. The minimum absolute atomic E-state index is 0.0342. The van der Waals surface area contributed by atoms with E-state index in [9.17, 15) is 14.9 Å². The van der Waals surface area contributed by atoms with E-state index >= 15 is 0 Å². The number of nitro benzene ring substituents is 1. The number of rotatable bonds is 4. The van der Waals surface area contributed by atoms with Crippen LogP contribution >= 0.6 is 22.9 Å². The smallest absolute Gasteiger partial charge is 0.288 e. The first-order valence-electron chi connectivity index (χ1n) is 6.91. The summed E-state index contributed by atoms with van der Waals surface area (Å²) in [7, 11) is 3.64. The Morgan fingerprint density at radius 1 is 1.36 bits per heavy atom. The summed E-state index contributed by atoms with van der Waals surface area (Å²) in [6.07, 6.45) is 1.57. The zero-order valence-corrected chi connectivity index (χ0v) is 14.6. The molecular weight excluding hydrogens is 368 g/mol. The summed E-state index contributed by atoms with van der Waals surface area (Å²) < 4.78 is 0. The molecule has 0 fully saturated rings. The first-order chi connectivity index (χ1) is 11.8. The van der Waals surface area contributed by atoms with Crippen molar-refractivity contribution in [3.63, 3.8) is 0 Å². The highest BCUT2D eigenvalue weighted by Crippen LogP contribution is 2.27. The maximum atomic E-state index is 12.3. The number of nitro groups is 1. The highest BCUT2D eigenvalue weighted by molar-refractivity contribution is 7.22. The zero-order chi connectivity index (χ0) is 18.1. The van der Waals surface area contributed by atoms with Gasteiger partial charge in [-0.25, -0.2) is 9.97 Å². The van der Waals surface area contributed by atoms with Crippen LogP contribution in [0.1, 0.15) is 10.4 Å². The molecule has 11 heteroatoms. The van der Waals surface area contributed by atoms with Gasteiger partial charge in [-0.3, -0.25) is 20.2 Å². The molecule has 3 rings (SSSR count). The molecule has 1 amide bonds. The van der Waals surface area contributed by atoms with E-state index in [1.807, 2.05) is 14.1 Å². The van der Waals surface area contributed by atoms with Gasteiger partial charge in [0, 0.05) is 25.7 Å². The van der Waals surface area contributed by atoms with Crippen LogP contribution in [0.4, 0.5) is 16.8 Å². The fraction of sp³-hybridized carbons (Fsp3) is 0.143. The van der Waals surface area contributed by atoms with E-state index in [4.69, 9.17) is 11.6 Å². The third-order valence-electron chi connectivity index (χ3n) is 3.16. The molecule has 0 unspecified atom stereocenters. The Kier molecular flexibility index (Phi) is 4.47. The maximum absolute atomic E-state index is 12.3. The average molecular weight is 379 g/mol. The molecule has 128 valence electrons. The Labute approximate surface area is 150 Å². The van der Waals surface area contributed by atoms with Gasteiger partial charge in [-0.2, -0.15) is 4.98 Å². The lowest BCUT2D eigenvalue weighted by molar-refractivity contribution is -0.384.